The molecule has 12 nitrogen and oxygen atoms in total. The number of ketones is 4. The molecule has 0 aromatic rings. The van der Waals surface area contributed by atoms with Gasteiger partial charge in [-0.2, -0.15) is 0 Å². The summed E-state index contributed by atoms with van der Waals surface area (Å²) in [5.74, 6) is -3.81. The second kappa shape index (κ2) is 12.0. The zero-order valence-corrected chi connectivity index (χ0v) is 31.1. The molecule has 0 spiro atoms. The Balaban J connectivity index is 0.000000162. The number of ether oxygens (including phenoxy) is 2. The molecule has 8 saturated carbocycles. The van der Waals surface area contributed by atoms with Gasteiger partial charge >= 0.3 is 11.9 Å². The smallest absolute Gasteiger partial charge is 0.315 e. The third-order valence-corrected chi connectivity index (χ3v) is 16.5. The van der Waals surface area contributed by atoms with Crippen molar-refractivity contribution in [2.45, 2.75) is 153 Å². The Morgan fingerprint density at radius 1 is 0.596 bits per heavy atom. The van der Waals surface area contributed by atoms with Crippen molar-refractivity contribution < 1.29 is 58.7 Å². The lowest BCUT2D eigenvalue weighted by atomic mass is 9.44. The Morgan fingerprint density at radius 2 is 0.962 bits per heavy atom. The molecule has 8 aliphatic rings. The van der Waals surface area contributed by atoms with Crippen LogP contribution in [0.2, 0.25) is 0 Å². The first-order valence-corrected chi connectivity index (χ1v) is 19.7. The number of rotatable bonds is 4. The summed E-state index contributed by atoms with van der Waals surface area (Å²) in [5.41, 5.74) is -9.81. The van der Waals surface area contributed by atoms with E-state index in [-0.39, 0.29) is 74.9 Å². The van der Waals surface area contributed by atoms with E-state index in [1.807, 2.05) is 0 Å². The molecule has 0 aromatic carbocycles. The van der Waals surface area contributed by atoms with Crippen LogP contribution in [0.1, 0.15) is 130 Å². The van der Waals surface area contributed by atoms with Crippen LogP contribution in [0.15, 0.2) is 0 Å². The van der Waals surface area contributed by atoms with Gasteiger partial charge in [0.1, 0.15) is 34.0 Å². The number of esters is 2. The Morgan fingerprint density at radius 3 is 1.31 bits per heavy atom. The summed E-state index contributed by atoms with van der Waals surface area (Å²) in [6.45, 7) is 7.41. The number of aliphatic hydroxyl groups is 4. The molecular formula is C40H56O12. The van der Waals surface area contributed by atoms with Gasteiger partial charge in [0.05, 0.1) is 58.3 Å². The summed E-state index contributed by atoms with van der Waals surface area (Å²) in [7, 11) is 0. The highest BCUT2D eigenvalue weighted by molar-refractivity contribution is 5.96. The molecular weight excluding hydrogens is 672 g/mol. The average Bonchev–Trinajstić information content (AvgIpc) is 3.76. The first-order valence-electron chi connectivity index (χ1n) is 19.7. The van der Waals surface area contributed by atoms with Gasteiger partial charge in [0.2, 0.25) is 0 Å². The van der Waals surface area contributed by atoms with Crippen LogP contribution in [0.3, 0.4) is 0 Å². The number of hydrogen-bond acceptors (Lipinski definition) is 12. The third-order valence-electron chi connectivity index (χ3n) is 16.5. The molecule has 52 heavy (non-hydrogen) atoms. The molecule has 0 aromatic heterocycles. The quantitative estimate of drug-likeness (QED) is 0.309. The minimum absolute atomic E-state index is 0.00342. The molecule has 0 radical (unpaired) electrons. The normalized spacial score (nSPS) is 50.2. The van der Waals surface area contributed by atoms with Gasteiger partial charge in [0, 0.05) is 25.7 Å². The maximum Gasteiger partial charge on any atom is 0.315 e. The largest absolute Gasteiger partial charge is 0.465 e. The minimum Gasteiger partial charge on any atom is -0.465 e. The van der Waals surface area contributed by atoms with Crippen LogP contribution in [-0.4, -0.2) is 91.1 Å². The maximum absolute atomic E-state index is 13.1. The Bertz CT molecular complexity index is 1490. The zero-order valence-electron chi connectivity index (χ0n) is 31.1. The van der Waals surface area contributed by atoms with Crippen molar-refractivity contribution in [3.63, 3.8) is 0 Å². The first-order chi connectivity index (χ1) is 24.3. The fourth-order valence-electron chi connectivity index (χ4n) is 13.8. The fourth-order valence-corrected chi connectivity index (χ4v) is 13.8. The van der Waals surface area contributed by atoms with Crippen molar-refractivity contribution in [2.24, 2.45) is 45.3 Å². The van der Waals surface area contributed by atoms with E-state index < -0.39 is 79.7 Å². The Labute approximate surface area is 304 Å². The van der Waals surface area contributed by atoms with Crippen molar-refractivity contribution in [1.29, 1.82) is 0 Å². The second-order valence-electron chi connectivity index (χ2n) is 18.0. The van der Waals surface area contributed by atoms with Gasteiger partial charge in [-0.25, -0.2) is 0 Å². The van der Waals surface area contributed by atoms with Crippen molar-refractivity contribution in [2.75, 3.05) is 13.2 Å². The predicted molar refractivity (Wildman–Crippen MR) is 182 cm³/mol. The average molecular weight is 729 g/mol. The summed E-state index contributed by atoms with van der Waals surface area (Å²) >= 11 is 0. The van der Waals surface area contributed by atoms with E-state index in [0.717, 1.165) is 0 Å². The van der Waals surface area contributed by atoms with Gasteiger partial charge in [-0.15, -0.1) is 0 Å². The monoisotopic (exact) mass is 728 g/mol. The van der Waals surface area contributed by atoms with Crippen LogP contribution in [0, 0.1) is 45.3 Å². The maximum atomic E-state index is 13.1. The van der Waals surface area contributed by atoms with Gasteiger partial charge in [0.25, 0.3) is 0 Å². The molecule has 0 saturated heterocycles. The topological polar surface area (TPSA) is 202 Å². The summed E-state index contributed by atoms with van der Waals surface area (Å²) in [4.78, 5) is 77.4. The van der Waals surface area contributed by atoms with Gasteiger partial charge in [-0.05, 0) is 117 Å². The third kappa shape index (κ3) is 4.35. The van der Waals surface area contributed by atoms with E-state index >= 15 is 0 Å². The highest BCUT2D eigenvalue weighted by atomic mass is 16.5. The van der Waals surface area contributed by atoms with Gasteiger partial charge in [-0.3, -0.25) is 28.8 Å². The van der Waals surface area contributed by atoms with E-state index in [9.17, 15) is 49.2 Å². The molecule has 8 fully saturated rings. The van der Waals surface area contributed by atoms with Crippen LogP contribution in [0.25, 0.3) is 0 Å². The molecule has 8 rings (SSSR count). The molecule has 0 aliphatic heterocycles. The fraction of sp³-hybridized carbons (Fsp3) is 0.850. The summed E-state index contributed by atoms with van der Waals surface area (Å²) in [5, 5.41) is 45.8. The van der Waals surface area contributed by atoms with Crippen LogP contribution in [0.5, 0.6) is 0 Å². The van der Waals surface area contributed by atoms with Crippen molar-refractivity contribution in [3.8, 4) is 0 Å². The highest BCUT2D eigenvalue weighted by Gasteiger charge is 2.78. The molecule has 12 atom stereocenters. The van der Waals surface area contributed by atoms with Gasteiger partial charge < -0.3 is 29.9 Å². The second-order valence-corrected chi connectivity index (χ2v) is 18.0. The highest BCUT2D eigenvalue weighted by Crippen LogP contribution is 2.70. The lowest BCUT2D eigenvalue weighted by Gasteiger charge is -2.60. The van der Waals surface area contributed by atoms with Gasteiger partial charge in [0.15, 0.2) is 0 Å². The number of fused-ring (bicyclic) bond motifs is 10. The zero-order chi connectivity index (χ0) is 37.9. The first kappa shape index (κ1) is 37.8. The van der Waals surface area contributed by atoms with E-state index in [2.05, 4.69) is 0 Å². The molecule has 0 amide bonds. The summed E-state index contributed by atoms with van der Waals surface area (Å²) < 4.78 is 10.7. The lowest BCUT2D eigenvalue weighted by molar-refractivity contribution is -0.228. The van der Waals surface area contributed by atoms with E-state index in [4.69, 9.17) is 9.47 Å². The molecule has 8 aliphatic carbocycles. The Kier molecular flexibility index (Phi) is 8.70. The van der Waals surface area contributed by atoms with Gasteiger partial charge in [-0.1, -0.05) is 0 Å². The lowest BCUT2D eigenvalue weighted by Crippen LogP contribution is -2.70. The molecule has 0 unspecified atom stereocenters. The number of Topliss-reactive ketones (excluding diaryl/α,β-unsaturated/α-hetero) is 4. The van der Waals surface area contributed by atoms with Crippen molar-refractivity contribution >= 4 is 35.1 Å². The standard InChI is InChI=1S/2C20H28O6/c2*1-3-26-16(23)19-8-4-7-18(19,24)11-13(21)15-12(19)5-9-17(2)14(22)6-10-20(15,17)25/h2*12,15,24-25H,3-11H2,1-2H3/t2*12-,15-,17-,18+,19+,20+/m11/s1. The minimum atomic E-state index is -1.42. The predicted octanol–water partition coefficient (Wildman–Crippen LogP) is 3.10. The Hall–Kier alpha value is -2.54. The number of carbonyl (C=O) groups is 6. The van der Waals surface area contributed by atoms with Crippen LogP contribution >= 0.6 is 0 Å². The molecule has 288 valence electrons. The number of hydrogen-bond donors (Lipinski definition) is 4. The summed E-state index contributed by atoms with van der Waals surface area (Å²) in [6, 6.07) is 0. The van der Waals surface area contributed by atoms with Crippen molar-refractivity contribution in [3.05, 3.63) is 0 Å². The van der Waals surface area contributed by atoms with Crippen LogP contribution < -0.4 is 0 Å². The summed E-state index contributed by atoms with van der Waals surface area (Å²) in [6.07, 6.45) is 5.63. The SMILES string of the molecule is CCOC(=O)[C@@]12CCC[C@]1(O)CC(=O)[C@H]1[C@H]2CC[C@]2(C)C(=O)CC[C@]12O.CCOC(=O)[C@@]12CCC[C@]1(O)CC(=O)[C@H]1[C@H]2CC[C@]2(C)C(=O)CC[C@]12O. The molecule has 4 N–H and O–H groups in total. The van der Waals surface area contributed by atoms with E-state index in [1.165, 1.54) is 0 Å². The molecule has 12 heteroatoms. The van der Waals surface area contributed by atoms with E-state index in [1.54, 1.807) is 27.7 Å². The number of carbonyl (C=O) groups excluding carboxylic acids is 6. The van der Waals surface area contributed by atoms with Crippen molar-refractivity contribution in [1.82, 2.24) is 0 Å². The van der Waals surface area contributed by atoms with E-state index in [0.29, 0.717) is 64.2 Å². The van der Waals surface area contributed by atoms with Crippen LogP contribution in [-0.2, 0) is 38.2 Å². The van der Waals surface area contributed by atoms with Crippen LogP contribution in [0.4, 0.5) is 0 Å². The molecule has 0 bridgehead atoms. The molecule has 0 heterocycles.